The molecule has 22 heavy (non-hydrogen) atoms. The maximum Gasteiger partial charge on any atom is 0.337 e. The first-order valence-corrected chi connectivity index (χ1v) is 7.05. The minimum absolute atomic E-state index is 0.159. The quantitative estimate of drug-likeness (QED) is 0.817. The molecule has 0 bridgehead atoms. The molecule has 120 valence electrons. The summed E-state index contributed by atoms with van der Waals surface area (Å²) in [7, 11) is 2.49. The van der Waals surface area contributed by atoms with Crippen molar-refractivity contribution in [2.24, 2.45) is 5.92 Å². The van der Waals surface area contributed by atoms with Crippen LogP contribution in [0.25, 0.3) is 0 Å². The second kappa shape index (κ2) is 8.17. The lowest BCUT2D eigenvalue weighted by atomic mass is 10.0. The van der Waals surface area contributed by atoms with Gasteiger partial charge in [-0.2, -0.15) is 0 Å². The molecule has 0 aliphatic carbocycles. The van der Waals surface area contributed by atoms with Crippen molar-refractivity contribution in [3.05, 3.63) is 29.3 Å². The summed E-state index contributed by atoms with van der Waals surface area (Å²) in [5.41, 5.74) is 0.698. The van der Waals surface area contributed by atoms with Crippen molar-refractivity contribution in [2.45, 2.75) is 26.7 Å². The number of carbonyl (C=O) groups is 3. The molecule has 0 saturated heterocycles. The number of benzene rings is 1. The number of nitrogens with one attached hydrogen (secondary N) is 1. The Labute approximate surface area is 129 Å². The van der Waals surface area contributed by atoms with Crippen molar-refractivity contribution < 1.29 is 23.9 Å². The molecule has 1 rings (SSSR count). The molecule has 1 aromatic carbocycles. The zero-order chi connectivity index (χ0) is 16.7. The first-order chi connectivity index (χ1) is 10.4. The molecular formula is C16H21NO5. The molecule has 0 heterocycles. The van der Waals surface area contributed by atoms with Crippen LogP contribution in [-0.4, -0.2) is 32.1 Å². The average Bonchev–Trinajstić information content (AvgIpc) is 2.52. The van der Waals surface area contributed by atoms with Gasteiger partial charge in [0.15, 0.2) is 0 Å². The van der Waals surface area contributed by atoms with E-state index in [0.29, 0.717) is 5.69 Å². The van der Waals surface area contributed by atoms with Gasteiger partial charge in [-0.25, -0.2) is 9.59 Å². The molecule has 0 radical (unpaired) electrons. The van der Waals surface area contributed by atoms with Crippen molar-refractivity contribution in [1.82, 2.24) is 0 Å². The number of amides is 1. The number of anilines is 1. The molecule has 1 aromatic rings. The molecular weight excluding hydrogens is 286 g/mol. The van der Waals surface area contributed by atoms with E-state index in [9.17, 15) is 14.4 Å². The smallest absolute Gasteiger partial charge is 0.337 e. The fourth-order valence-corrected chi connectivity index (χ4v) is 2.00. The highest BCUT2D eigenvalue weighted by Gasteiger charge is 2.17. The van der Waals surface area contributed by atoms with Gasteiger partial charge < -0.3 is 14.8 Å². The first kappa shape index (κ1) is 17.7. The largest absolute Gasteiger partial charge is 0.465 e. The average molecular weight is 307 g/mol. The summed E-state index contributed by atoms with van der Waals surface area (Å²) in [6.07, 6.45) is 1.65. The van der Waals surface area contributed by atoms with Gasteiger partial charge in [-0.3, -0.25) is 4.79 Å². The van der Waals surface area contributed by atoms with Crippen molar-refractivity contribution in [3.63, 3.8) is 0 Å². The Balaban J connectivity index is 3.10. The van der Waals surface area contributed by atoms with Crippen molar-refractivity contribution >= 4 is 23.5 Å². The summed E-state index contributed by atoms with van der Waals surface area (Å²) in [6.45, 7) is 3.82. The van der Waals surface area contributed by atoms with Gasteiger partial charge in [0, 0.05) is 11.6 Å². The van der Waals surface area contributed by atoms with E-state index in [1.807, 2.05) is 13.8 Å². The molecule has 1 unspecified atom stereocenters. The fourth-order valence-electron chi connectivity index (χ4n) is 2.00. The van der Waals surface area contributed by atoms with Crippen LogP contribution in [0.3, 0.4) is 0 Å². The van der Waals surface area contributed by atoms with Crippen molar-refractivity contribution in [3.8, 4) is 0 Å². The third-order valence-corrected chi connectivity index (χ3v) is 3.21. The van der Waals surface area contributed by atoms with Crippen LogP contribution in [0.5, 0.6) is 0 Å². The molecule has 0 saturated carbocycles. The Bertz CT molecular complexity index is 533. The third-order valence-electron chi connectivity index (χ3n) is 3.21. The maximum absolute atomic E-state index is 12.1. The summed E-state index contributed by atoms with van der Waals surface area (Å²) in [5, 5.41) is 2.71. The lowest BCUT2D eigenvalue weighted by Gasteiger charge is -2.13. The van der Waals surface area contributed by atoms with E-state index in [1.165, 1.54) is 32.4 Å². The highest BCUT2D eigenvalue weighted by atomic mass is 16.5. The molecule has 0 spiro atoms. The molecule has 1 atom stereocenters. The zero-order valence-corrected chi connectivity index (χ0v) is 13.3. The van der Waals surface area contributed by atoms with Gasteiger partial charge >= 0.3 is 11.9 Å². The van der Waals surface area contributed by atoms with E-state index in [1.54, 1.807) is 0 Å². The van der Waals surface area contributed by atoms with Gasteiger partial charge in [0.25, 0.3) is 0 Å². The SMILES string of the molecule is CCCC(C)C(=O)Nc1cc(C(=O)OC)cc(C(=O)OC)c1. The van der Waals surface area contributed by atoms with Crippen LogP contribution in [-0.2, 0) is 14.3 Å². The Morgan fingerprint density at radius 1 is 1.05 bits per heavy atom. The standard InChI is InChI=1S/C16H21NO5/c1-5-6-10(2)14(18)17-13-8-11(15(19)21-3)7-12(9-13)16(20)22-4/h7-10H,5-6H2,1-4H3,(H,17,18). The molecule has 6 nitrogen and oxygen atoms in total. The zero-order valence-electron chi connectivity index (χ0n) is 13.3. The van der Waals surface area contributed by atoms with Gasteiger partial charge in [0.05, 0.1) is 25.3 Å². The molecule has 1 amide bonds. The molecule has 0 fully saturated rings. The number of hydrogen-bond donors (Lipinski definition) is 1. The topological polar surface area (TPSA) is 81.7 Å². The van der Waals surface area contributed by atoms with Gasteiger partial charge in [-0.15, -0.1) is 0 Å². The van der Waals surface area contributed by atoms with E-state index >= 15 is 0 Å². The Kier molecular flexibility index (Phi) is 6.56. The van der Waals surface area contributed by atoms with E-state index in [2.05, 4.69) is 14.8 Å². The molecule has 0 aliphatic heterocycles. The minimum atomic E-state index is -0.595. The van der Waals surface area contributed by atoms with Gasteiger partial charge in [-0.1, -0.05) is 20.3 Å². The lowest BCUT2D eigenvalue weighted by Crippen LogP contribution is -2.21. The minimum Gasteiger partial charge on any atom is -0.465 e. The number of ether oxygens (including phenoxy) is 2. The Hall–Kier alpha value is -2.37. The fraction of sp³-hybridized carbons (Fsp3) is 0.438. The predicted octanol–water partition coefficient (Wildman–Crippen LogP) is 2.63. The van der Waals surface area contributed by atoms with E-state index in [-0.39, 0.29) is 23.0 Å². The van der Waals surface area contributed by atoms with Gasteiger partial charge in [0.1, 0.15) is 0 Å². The van der Waals surface area contributed by atoms with Crippen LogP contribution in [0.1, 0.15) is 47.4 Å². The number of methoxy groups -OCH3 is 2. The maximum atomic E-state index is 12.1. The van der Waals surface area contributed by atoms with Gasteiger partial charge in [-0.05, 0) is 24.6 Å². The second-order valence-electron chi connectivity index (χ2n) is 4.96. The van der Waals surface area contributed by atoms with E-state index in [4.69, 9.17) is 0 Å². The van der Waals surface area contributed by atoms with Crippen molar-refractivity contribution in [2.75, 3.05) is 19.5 Å². The lowest BCUT2D eigenvalue weighted by molar-refractivity contribution is -0.119. The summed E-state index contributed by atoms with van der Waals surface area (Å²) in [6, 6.07) is 4.30. The Morgan fingerprint density at radius 2 is 1.55 bits per heavy atom. The number of hydrogen-bond acceptors (Lipinski definition) is 5. The predicted molar refractivity (Wildman–Crippen MR) is 81.8 cm³/mol. The molecule has 0 aliphatic rings. The highest BCUT2D eigenvalue weighted by molar-refractivity contribution is 5.99. The van der Waals surface area contributed by atoms with Crippen LogP contribution < -0.4 is 5.32 Å². The van der Waals surface area contributed by atoms with Gasteiger partial charge in [0.2, 0.25) is 5.91 Å². The summed E-state index contributed by atoms with van der Waals surface area (Å²) in [4.78, 5) is 35.4. The van der Waals surface area contributed by atoms with Crippen LogP contribution in [0.4, 0.5) is 5.69 Å². The molecule has 0 aromatic heterocycles. The van der Waals surface area contributed by atoms with E-state index in [0.717, 1.165) is 12.8 Å². The second-order valence-corrected chi connectivity index (χ2v) is 4.96. The normalized spacial score (nSPS) is 11.5. The summed E-state index contributed by atoms with van der Waals surface area (Å²) < 4.78 is 9.29. The molecule has 1 N–H and O–H groups in total. The number of esters is 2. The number of carbonyl (C=O) groups excluding carboxylic acids is 3. The highest BCUT2D eigenvalue weighted by Crippen LogP contribution is 2.18. The first-order valence-electron chi connectivity index (χ1n) is 7.05. The Morgan fingerprint density at radius 3 is 1.95 bits per heavy atom. The van der Waals surface area contributed by atoms with Crippen LogP contribution >= 0.6 is 0 Å². The summed E-state index contributed by atoms with van der Waals surface area (Å²) >= 11 is 0. The van der Waals surface area contributed by atoms with E-state index < -0.39 is 11.9 Å². The third kappa shape index (κ3) is 4.58. The van der Waals surface area contributed by atoms with Crippen molar-refractivity contribution in [1.29, 1.82) is 0 Å². The van der Waals surface area contributed by atoms with Crippen LogP contribution in [0.15, 0.2) is 18.2 Å². The van der Waals surface area contributed by atoms with Crippen LogP contribution in [0.2, 0.25) is 0 Å². The monoisotopic (exact) mass is 307 g/mol. The van der Waals surface area contributed by atoms with Crippen LogP contribution in [0, 0.1) is 5.92 Å². The summed E-state index contributed by atoms with van der Waals surface area (Å²) in [5.74, 6) is -1.52. The molecule has 6 heteroatoms. The number of rotatable bonds is 6.